The largest absolute Gasteiger partial charge is 0.304 e. The first-order valence-electron chi connectivity index (χ1n) is 20.9. The normalized spacial score (nSPS) is 40.6. The Hall–Kier alpha value is -1.64. The summed E-state index contributed by atoms with van der Waals surface area (Å²) in [7, 11) is -5.51. The van der Waals surface area contributed by atoms with Gasteiger partial charge in [-0.2, -0.15) is 0 Å². The number of fused-ring (bicyclic) bond motifs is 2. The summed E-state index contributed by atoms with van der Waals surface area (Å²) in [5.74, 6) is 0. The predicted octanol–water partition coefficient (Wildman–Crippen LogP) is 3.47. The van der Waals surface area contributed by atoms with Crippen LogP contribution in [0.5, 0.6) is 0 Å². The molecule has 2 aromatic carbocycles. The third-order valence-corrected chi connectivity index (χ3v) is 5.85. The molecule has 0 aromatic heterocycles. The summed E-state index contributed by atoms with van der Waals surface area (Å²) in [4.78, 5) is -4.17. The number of benzene rings is 2. The van der Waals surface area contributed by atoms with Gasteiger partial charge in [0.25, 0.3) is 0 Å². The van der Waals surface area contributed by atoms with Gasteiger partial charge in [-0.25, -0.2) is 12.7 Å². The van der Waals surface area contributed by atoms with Crippen molar-refractivity contribution < 1.29 is 44.1 Å². The Morgan fingerprint density at radius 2 is 1.93 bits per heavy atom. The van der Waals surface area contributed by atoms with Crippen molar-refractivity contribution in [3.63, 3.8) is 0 Å². The number of sulfonamides is 1. The Morgan fingerprint density at radius 1 is 1.20 bits per heavy atom. The molecular weight excluding hydrogens is 414 g/mol. The number of nitrogens with zero attached hydrogens (tertiary/aromatic N) is 3. The first-order chi connectivity index (χ1) is 24.6. The van der Waals surface area contributed by atoms with Crippen LogP contribution in [0.4, 0.5) is 0 Å². The highest BCUT2D eigenvalue weighted by Crippen LogP contribution is 2.46. The fraction of sp³-hybridized carbons (Fsp3) is 0.391. The maximum absolute atomic E-state index is 13.9. The Balaban J connectivity index is 2.29. The van der Waals surface area contributed by atoms with E-state index < -0.39 is 152 Å². The maximum Gasteiger partial charge on any atom is 0.242 e. The van der Waals surface area contributed by atoms with Gasteiger partial charge in [0.15, 0.2) is 0 Å². The molecule has 1 fully saturated rings. The van der Waals surface area contributed by atoms with E-state index in [1.807, 2.05) is 0 Å². The summed E-state index contributed by atoms with van der Waals surface area (Å²) in [5, 5.41) is 0. The first kappa shape index (κ1) is 6.45. The molecule has 7 heteroatoms. The molecule has 0 radical (unpaired) electrons. The second-order valence-electron chi connectivity index (χ2n) is 5.56. The molecule has 2 aromatic rings. The summed E-state index contributed by atoms with van der Waals surface area (Å²) >= 11 is 0.169. The number of likely N-dealkylation sites (N-methyl/N-ethyl adjacent to an activating group) is 1. The van der Waals surface area contributed by atoms with Gasteiger partial charge in [0.05, 0.1) is 15.9 Å². The van der Waals surface area contributed by atoms with E-state index in [1.165, 1.54) is 0 Å². The van der Waals surface area contributed by atoms with Crippen LogP contribution in [0.3, 0.4) is 0 Å². The number of hydrogen-bond acceptors (Lipinski definition) is 5. The zero-order valence-corrected chi connectivity index (χ0v) is 16.6. The minimum absolute atomic E-state index is 0.0478. The summed E-state index contributed by atoms with van der Waals surface area (Å²) in [6.07, 6.45) is -4.32. The molecule has 2 aliphatic rings. The summed E-state index contributed by atoms with van der Waals surface area (Å²) < 4.78 is 244. The van der Waals surface area contributed by atoms with Crippen molar-refractivity contribution >= 4 is 27.4 Å². The van der Waals surface area contributed by atoms with E-state index in [1.54, 1.807) is 0 Å². The lowest BCUT2D eigenvalue weighted by atomic mass is 9.96. The molecule has 2 heterocycles. The highest BCUT2D eigenvalue weighted by molar-refractivity contribution is 7.99. The molecule has 30 heavy (non-hydrogen) atoms. The van der Waals surface area contributed by atoms with Crippen LogP contribution >= 0.6 is 11.8 Å². The van der Waals surface area contributed by atoms with Gasteiger partial charge in [-0.1, -0.05) is 35.9 Å². The molecule has 160 valence electrons. The van der Waals surface area contributed by atoms with Gasteiger partial charge in [0.2, 0.25) is 10.0 Å². The average molecular weight is 470 g/mol. The molecule has 0 N–H and O–H groups in total. The Labute approximate surface area is 220 Å². The minimum atomic E-state index is -6.13. The van der Waals surface area contributed by atoms with E-state index in [9.17, 15) is 8.42 Å². The molecule has 2 aliphatic heterocycles. The monoisotopic (exact) mass is 469 g/mol. The van der Waals surface area contributed by atoms with Gasteiger partial charge in [0, 0.05) is 80.9 Å². The number of rotatable bonds is 5. The van der Waals surface area contributed by atoms with Crippen LogP contribution in [0, 0.1) is 0 Å². The molecule has 5 nitrogen and oxygen atoms in total. The third-order valence-electron chi connectivity index (χ3n) is 3.62. The molecule has 0 saturated carbocycles. The molecular formula is C23H29N3O2S2. The molecule has 0 spiro atoms. The van der Waals surface area contributed by atoms with Gasteiger partial charge < -0.3 is 9.80 Å². The van der Waals surface area contributed by atoms with Gasteiger partial charge >= 0.3 is 0 Å². The molecule has 4 rings (SSSR count). The quantitative estimate of drug-likeness (QED) is 0.572. The third kappa shape index (κ3) is 4.36. The molecule has 0 amide bonds. The minimum Gasteiger partial charge on any atom is -0.304 e. The molecule has 1 saturated heterocycles. The lowest BCUT2D eigenvalue weighted by Crippen LogP contribution is -2.44. The maximum atomic E-state index is 13.9. The molecule has 0 unspecified atom stereocenters. The smallest absolute Gasteiger partial charge is 0.242 e. The van der Waals surface area contributed by atoms with E-state index in [0.717, 1.165) is 0 Å². The fourth-order valence-corrected chi connectivity index (χ4v) is 3.78. The van der Waals surface area contributed by atoms with Crippen molar-refractivity contribution in [2.24, 2.45) is 0 Å². The van der Waals surface area contributed by atoms with Crippen LogP contribution in [0.2, 0.25) is 0 Å². The van der Waals surface area contributed by atoms with Crippen molar-refractivity contribution in [2.75, 3.05) is 53.5 Å². The summed E-state index contributed by atoms with van der Waals surface area (Å²) in [5.41, 5.74) is -3.55. The number of piperazine rings is 1. The molecule has 0 bridgehead atoms. The van der Waals surface area contributed by atoms with Crippen LogP contribution in [0.25, 0.3) is 5.57 Å². The van der Waals surface area contributed by atoms with Gasteiger partial charge in [0.1, 0.15) is 0 Å². The molecule has 0 atom stereocenters. The predicted molar refractivity (Wildman–Crippen MR) is 124 cm³/mol. The SMILES string of the molecule is [2H]/C(=C1\c2c([2H])c([2H])c([2H])c([2H])c2Sc2c([2H])c([2H])c(S(=O)(=O)N(C([2H])([2H])[2H])C([2H])([2H])[2H])c([2H])c21)C([2H])([2H])C([2H])([2H])N1C([2H])([2H])C([2H])([2H])N(C)C([2H])([2H])C1([2H])[2H]. The van der Waals surface area contributed by atoms with Crippen LogP contribution in [0.15, 0.2) is 63.0 Å². The lowest BCUT2D eigenvalue weighted by molar-refractivity contribution is 0.156. The highest BCUT2D eigenvalue weighted by atomic mass is 32.2. The highest BCUT2D eigenvalue weighted by Gasteiger charge is 2.25. The van der Waals surface area contributed by atoms with E-state index in [4.69, 9.17) is 35.6 Å². The Kier molecular flexibility index (Phi) is 1.90. The average Bonchev–Trinajstić information content (AvgIpc) is 3.00. The lowest BCUT2D eigenvalue weighted by Gasteiger charge is -2.32. The zero-order valence-electron chi connectivity index (χ0n) is 41.0. The van der Waals surface area contributed by atoms with E-state index in [2.05, 4.69) is 0 Å². The first-order valence-corrected chi connectivity index (χ1v) is 10.1. The van der Waals surface area contributed by atoms with E-state index >= 15 is 0 Å². The van der Waals surface area contributed by atoms with Crippen molar-refractivity contribution in [3.8, 4) is 0 Å². The Bertz CT molecular complexity index is 2120. The van der Waals surface area contributed by atoms with Gasteiger partial charge in [-0.3, -0.25) is 0 Å². The van der Waals surface area contributed by atoms with Crippen molar-refractivity contribution in [1.82, 2.24) is 14.1 Å². The summed E-state index contributed by atoms with van der Waals surface area (Å²) in [6.45, 7) is -27.9. The van der Waals surface area contributed by atoms with Crippen molar-refractivity contribution in [3.05, 3.63) is 59.5 Å². The second-order valence-corrected chi connectivity index (χ2v) is 8.31. The van der Waals surface area contributed by atoms with Crippen LogP contribution in [0.1, 0.15) is 53.1 Å². The fourth-order valence-electron chi connectivity index (χ4n) is 2.26. The topological polar surface area (TPSA) is 43.9 Å². The van der Waals surface area contributed by atoms with E-state index in [0.29, 0.717) is 7.05 Å². The van der Waals surface area contributed by atoms with Crippen LogP contribution in [-0.2, 0) is 10.0 Å². The van der Waals surface area contributed by atoms with Gasteiger partial charge in [-0.05, 0) is 54.3 Å². The van der Waals surface area contributed by atoms with Crippen LogP contribution < -0.4 is 0 Å². The second kappa shape index (κ2) is 8.85. The van der Waals surface area contributed by atoms with Crippen molar-refractivity contribution in [2.45, 2.75) is 21.1 Å². The van der Waals surface area contributed by atoms with E-state index in [-0.39, 0.29) is 16.7 Å². The number of hydrogen-bond donors (Lipinski definition) is 0. The van der Waals surface area contributed by atoms with Gasteiger partial charge in [-0.15, -0.1) is 0 Å². The van der Waals surface area contributed by atoms with Crippen LogP contribution in [-0.4, -0.2) is 76.0 Å². The Morgan fingerprint density at radius 3 is 2.70 bits per heavy atom. The van der Waals surface area contributed by atoms with Crippen molar-refractivity contribution in [1.29, 1.82) is 0 Å². The zero-order chi connectivity index (χ0) is 44.0. The molecule has 0 aliphatic carbocycles. The summed E-state index contributed by atoms with van der Waals surface area (Å²) in [6, 6.07) is -10.6. The standard InChI is InChI=1S/C23H29N3O2S2/c1-24(2)30(27,28)18-10-11-23-21(17-18)19(20-7-4-5-9-22(20)29-23)8-6-12-26-15-13-25(3)14-16-26/h4-5,7-11,17H,6,12-16H2,1-3H3/b19-8-/i1D3,2D3,4D,5D,6D2,7D,8D,9D,10D,11D,12D2,13D2,14D2,15D2,16D2,17D.